The molecular weight excluding hydrogens is 310 g/mol. The van der Waals surface area contributed by atoms with Crippen molar-refractivity contribution in [2.45, 2.75) is 37.1 Å². The Balaban J connectivity index is 1.78. The van der Waals surface area contributed by atoms with Gasteiger partial charge in [0.05, 0.1) is 0 Å². The van der Waals surface area contributed by atoms with Crippen LogP contribution in [0.25, 0.3) is 0 Å². The van der Waals surface area contributed by atoms with Gasteiger partial charge in [-0.1, -0.05) is 67.1 Å². The maximum absolute atomic E-state index is 13.3. The van der Waals surface area contributed by atoms with Crippen molar-refractivity contribution in [1.82, 2.24) is 4.90 Å². The van der Waals surface area contributed by atoms with Crippen molar-refractivity contribution in [1.29, 1.82) is 0 Å². The summed E-state index contributed by atoms with van der Waals surface area (Å²) in [6.07, 6.45) is 14.6. The lowest BCUT2D eigenvalue weighted by molar-refractivity contribution is -0.149. The van der Waals surface area contributed by atoms with Crippen molar-refractivity contribution in [3.63, 3.8) is 0 Å². The van der Waals surface area contributed by atoms with Crippen LogP contribution in [-0.4, -0.2) is 36.6 Å². The molecule has 0 N–H and O–H groups in total. The zero-order chi connectivity index (χ0) is 17.1. The lowest BCUT2D eigenvalue weighted by Gasteiger charge is -2.34. The molecule has 2 saturated heterocycles. The van der Waals surface area contributed by atoms with E-state index in [-0.39, 0.29) is 5.97 Å². The molecule has 0 spiro atoms. The highest BCUT2D eigenvalue weighted by molar-refractivity contribution is 5.90. The first-order chi connectivity index (χ1) is 12.3. The number of nitrogens with zero attached hydrogens (tertiary/aromatic N) is 1. The van der Waals surface area contributed by atoms with Crippen molar-refractivity contribution in [2.75, 3.05) is 19.7 Å². The molecule has 4 rings (SSSR count). The predicted octanol–water partition coefficient (Wildman–Crippen LogP) is 3.78. The maximum Gasteiger partial charge on any atom is 0.324 e. The van der Waals surface area contributed by atoms with Gasteiger partial charge in [0.1, 0.15) is 12.0 Å². The molecule has 130 valence electrons. The summed E-state index contributed by atoms with van der Waals surface area (Å²) >= 11 is 0. The van der Waals surface area contributed by atoms with Crippen molar-refractivity contribution in [2.24, 2.45) is 0 Å². The molecule has 2 aliphatic heterocycles. The second-order valence-electron chi connectivity index (χ2n) is 7.14. The van der Waals surface area contributed by atoms with Crippen LogP contribution < -0.4 is 0 Å². The topological polar surface area (TPSA) is 29.5 Å². The van der Waals surface area contributed by atoms with Crippen LogP contribution in [0.2, 0.25) is 0 Å². The highest BCUT2D eigenvalue weighted by Crippen LogP contribution is 2.40. The Morgan fingerprint density at radius 2 is 1.92 bits per heavy atom. The molecular formula is C22H25NO2. The molecule has 3 heteroatoms. The van der Waals surface area contributed by atoms with Crippen LogP contribution in [0, 0.1) is 0 Å². The molecule has 3 aliphatic rings. The number of ether oxygens (including phenoxy) is 1. The van der Waals surface area contributed by atoms with Crippen LogP contribution in [0.3, 0.4) is 0 Å². The minimum Gasteiger partial charge on any atom is -0.463 e. The van der Waals surface area contributed by atoms with E-state index in [1.165, 1.54) is 12.8 Å². The summed E-state index contributed by atoms with van der Waals surface area (Å²) in [6, 6.07) is 10.4. The molecule has 2 fully saturated rings. The summed E-state index contributed by atoms with van der Waals surface area (Å²) < 4.78 is 5.91. The van der Waals surface area contributed by atoms with Crippen LogP contribution in [0.4, 0.5) is 0 Å². The van der Waals surface area contributed by atoms with Gasteiger partial charge < -0.3 is 4.74 Å². The minimum absolute atomic E-state index is 0.141. The SMILES string of the molecule is O=C1OC[C@@H]2CCCCN2CCC2=CC=CC=CC12c1ccccc1. The van der Waals surface area contributed by atoms with E-state index < -0.39 is 5.41 Å². The summed E-state index contributed by atoms with van der Waals surface area (Å²) in [5.41, 5.74) is 1.31. The summed E-state index contributed by atoms with van der Waals surface area (Å²) in [7, 11) is 0. The number of hydrogen-bond donors (Lipinski definition) is 0. The number of esters is 1. The fourth-order valence-corrected chi connectivity index (χ4v) is 4.35. The van der Waals surface area contributed by atoms with Crippen molar-refractivity contribution >= 4 is 5.97 Å². The molecule has 3 nitrogen and oxygen atoms in total. The van der Waals surface area contributed by atoms with E-state index in [2.05, 4.69) is 11.0 Å². The normalized spacial score (nSPS) is 30.0. The van der Waals surface area contributed by atoms with Gasteiger partial charge in [-0.2, -0.15) is 0 Å². The number of cyclic esters (lactones) is 1. The average molecular weight is 335 g/mol. The molecule has 0 saturated carbocycles. The lowest BCUT2D eigenvalue weighted by Crippen LogP contribution is -2.43. The summed E-state index contributed by atoms with van der Waals surface area (Å²) in [6.45, 7) is 2.60. The third kappa shape index (κ3) is 2.98. The van der Waals surface area contributed by atoms with Crippen LogP contribution >= 0.6 is 0 Å². The Hall–Kier alpha value is -2.13. The number of allylic oxidation sites excluding steroid dienone is 4. The van der Waals surface area contributed by atoms with Gasteiger partial charge in [-0.15, -0.1) is 0 Å². The van der Waals surface area contributed by atoms with Crippen LogP contribution in [-0.2, 0) is 14.9 Å². The van der Waals surface area contributed by atoms with Crippen molar-refractivity contribution < 1.29 is 9.53 Å². The largest absolute Gasteiger partial charge is 0.463 e. The van der Waals surface area contributed by atoms with Crippen LogP contribution in [0.15, 0.2) is 66.3 Å². The second-order valence-corrected chi connectivity index (χ2v) is 7.14. The molecule has 1 unspecified atom stereocenters. The standard InChI is InChI=1S/C22H25NO2/c24-21-22(18-9-3-1-4-10-18)14-7-2-5-11-19(22)13-16-23-15-8-6-12-20(23)17-25-21/h1-5,7,9-11,14,20H,6,8,12-13,15-17H2/t20-,22?/m0/s1. The summed E-state index contributed by atoms with van der Waals surface area (Å²) in [4.78, 5) is 15.9. The first-order valence-corrected chi connectivity index (χ1v) is 9.33. The Morgan fingerprint density at radius 1 is 1.04 bits per heavy atom. The lowest BCUT2D eigenvalue weighted by atomic mass is 9.72. The molecule has 0 aromatic heterocycles. The smallest absolute Gasteiger partial charge is 0.324 e. The van der Waals surface area contributed by atoms with Crippen molar-refractivity contribution in [3.8, 4) is 0 Å². The minimum atomic E-state index is -0.806. The Kier molecular flexibility index (Phi) is 4.58. The van der Waals surface area contributed by atoms with Gasteiger partial charge in [0.15, 0.2) is 0 Å². The Morgan fingerprint density at radius 3 is 2.80 bits per heavy atom. The number of carbonyl (C=O) groups is 1. The fraction of sp³-hybridized carbons (Fsp3) is 0.409. The number of fused-ring (bicyclic) bond motifs is 2. The number of piperidine rings is 1. The number of hydrogen-bond acceptors (Lipinski definition) is 3. The quantitative estimate of drug-likeness (QED) is 0.732. The van der Waals surface area contributed by atoms with Crippen LogP contribution in [0.1, 0.15) is 31.2 Å². The van der Waals surface area contributed by atoms with E-state index in [1.807, 2.05) is 54.6 Å². The van der Waals surface area contributed by atoms with E-state index in [0.717, 1.165) is 37.1 Å². The predicted molar refractivity (Wildman–Crippen MR) is 99.3 cm³/mol. The summed E-state index contributed by atoms with van der Waals surface area (Å²) in [5, 5.41) is 0. The first kappa shape index (κ1) is 16.3. The molecule has 0 radical (unpaired) electrons. The van der Waals surface area contributed by atoms with Gasteiger partial charge in [0.25, 0.3) is 0 Å². The van der Waals surface area contributed by atoms with Gasteiger partial charge in [0.2, 0.25) is 0 Å². The van der Waals surface area contributed by atoms with Crippen LogP contribution in [0.5, 0.6) is 0 Å². The van der Waals surface area contributed by atoms with E-state index in [1.54, 1.807) is 0 Å². The van der Waals surface area contributed by atoms with E-state index in [0.29, 0.717) is 12.6 Å². The van der Waals surface area contributed by atoms with Gasteiger partial charge in [-0.25, -0.2) is 0 Å². The van der Waals surface area contributed by atoms with Gasteiger partial charge in [-0.3, -0.25) is 9.69 Å². The fourth-order valence-electron chi connectivity index (χ4n) is 4.35. The summed E-state index contributed by atoms with van der Waals surface area (Å²) in [5.74, 6) is -0.141. The molecule has 0 amide bonds. The second kappa shape index (κ2) is 7.01. The molecule has 1 aliphatic carbocycles. The Bertz CT molecular complexity index is 719. The van der Waals surface area contributed by atoms with E-state index in [4.69, 9.17) is 4.74 Å². The third-order valence-electron chi connectivity index (χ3n) is 5.75. The maximum atomic E-state index is 13.3. The Labute approximate surface area is 149 Å². The number of rotatable bonds is 1. The van der Waals surface area contributed by atoms with Crippen molar-refractivity contribution in [3.05, 3.63) is 71.8 Å². The third-order valence-corrected chi connectivity index (χ3v) is 5.75. The van der Waals surface area contributed by atoms with Gasteiger partial charge in [-0.05, 0) is 36.9 Å². The van der Waals surface area contributed by atoms with Gasteiger partial charge >= 0.3 is 5.97 Å². The highest BCUT2D eigenvalue weighted by Gasteiger charge is 2.44. The average Bonchev–Trinajstić information content (AvgIpc) is 2.86. The first-order valence-electron chi connectivity index (χ1n) is 9.33. The molecule has 1 aromatic carbocycles. The zero-order valence-corrected chi connectivity index (χ0v) is 14.6. The molecule has 0 bridgehead atoms. The molecule has 1 aromatic rings. The van der Waals surface area contributed by atoms with E-state index >= 15 is 0 Å². The molecule has 25 heavy (non-hydrogen) atoms. The monoisotopic (exact) mass is 335 g/mol. The van der Waals surface area contributed by atoms with Gasteiger partial charge in [0, 0.05) is 12.6 Å². The van der Waals surface area contributed by atoms with E-state index in [9.17, 15) is 4.79 Å². The molecule has 2 heterocycles. The number of carbonyl (C=O) groups excluding carboxylic acids is 1. The number of benzene rings is 1. The molecule has 2 atom stereocenters. The highest BCUT2D eigenvalue weighted by atomic mass is 16.5. The zero-order valence-electron chi connectivity index (χ0n) is 14.6.